The number of carboxylic acid groups (broad SMARTS) is 1. The van der Waals surface area contributed by atoms with E-state index in [2.05, 4.69) is 4.74 Å². The maximum atomic E-state index is 11.9. The van der Waals surface area contributed by atoms with Crippen LogP contribution in [0.5, 0.6) is 0 Å². The van der Waals surface area contributed by atoms with Gasteiger partial charge in [-0.3, -0.25) is 4.79 Å². The number of esters is 1. The summed E-state index contributed by atoms with van der Waals surface area (Å²) in [6, 6.07) is 4.58. The van der Waals surface area contributed by atoms with Crippen LogP contribution >= 0.6 is 0 Å². The van der Waals surface area contributed by atoms with Crippen LogP contribution < -0.4 is 5.43 Å². The molecule has 0 bridgehead atoms. The van der Waals surface area contributed by atoms with Gasteiger partial charge in [-0.05, 0) is 17.7 Å². The number of hydrogen-bond donors (Lipinski definition) is 3. The van der Waals surface area contributed by atoms with E-state index in [0.717, 1.165) is 13.2 Å². The van der Waals surface area contributed by atoms with Crippen molar-refractivity contribution < 1.29 is 34.1 Å². The van der Waals surface area contributed by atoms with Crippen molar-refractivity contribution in [3.8, 4) is 0 Å². The Morgan fingerprint density at radius 2 is 1.91 bits per heavy atom. The third-order valence-electron chi connectivity index (χ3n) is 3.05. The molecule has 0 saturated heterocycles. The van der Waals surface area contributed by atoms with Crippen LogP contribution in [0.1, 0.15) is 22.2 Å². The largest absolute Gasteiger partial charge is 0.475 e. The van der Waals surface area contributed by atoms with Crippen molar-refractivity contribution in [3.05, 3.63) is 45.8 Å². The van der Waals surface area contributed by atoms with Crippen LogP contribution in [-0.4, -0.2) is 40.5 Å². The predicted molar refractivity (Wildman–Crippen MR) is 72.4 cm³/mol. The highest BCUT2D eigenvalue weighted by atomic mass is 16.5. The zero-order valence-corrected chi connectivity index (χ0v) is 11.3. The highest BCUT2D eigenvalue weighted by Crippen LogP contribution is 2.22. The van der Waals surface area contributed by atoms with Crippen molar-refractivity contribution in [2.45, 2.75) is 12.2 Å². The lowest BCUT2D eigenvalue weighted by atomic mass is 10.0. The van der Waals surface area contributed by atoms with E-state index in [1.54, 1.807) is 0 Å². The molecular formula is C14H12O8. The van der Waals surface area contributed by atoms with Crippen molar-refractivity contribution in [2.24, 2.45) is 0 Å². The molecule has 2 rings (SSSR count). The minimum atomic E-state index is -1.81. The number of carboxylic acids is 1. The van der Waals surface area contributed by atoms with E-state index in [-0.39, 0.29) is 16.5 Å². The van der Waals surface area contributed by atoms with E-state index in [4.69, 9.17) is 9.52 Å². The number of hydrogen-bond acceptors (Lipinski definition) is 7. The summed E-state index contributed by atoms with van der Waals surface area (Å²) >= 11 is 0. The SMILES string of the molecule is COC(=O)C(O)C(O)c1ccc2oc(C(=O)O)cc(=O)c2c1. The van der Waals surface area contributed by atoms with E-state index in [9.17, 15) is 24.6 Å². The Morgan fingerprint density at radius 3 is 2.50 bits per heavy atom. The molecule has 0 aliphatic carbocycles. The molecule has 0 spiro atoms. The standard InChI is InChI=1S/C14H12O8/c1-21-14(20)12(17)11(16)6-2-3-9-7(4-6)8(15)5-10(22-9)13(18)19/h2-5,11-12,16-17H,1H3,(H,18,19). The Labute approximate surface area is 123 Å². The summed E-state index contributed by atoms with van der Waals surface area (Å²) in [7, 11) is 1.06. The van der Waals surface area contributed by atoms with Crippen molar-refractivity contribution in [3.63, 3.8) is 0 Å². The molecule has 0 aliphatic heterocycles. The molecule has 0 saturated carbocycles. The number of methoxy groups -OCH3 is 1. The molecular weight excluding hydrogens is 296 g/mol. The number of rotatable bonds is 4. The number of carbonyl (C=O) groups is 2. The van der Waals surface area contributed by atoms with Crippen molar-refractivity contribution in [1.29, 1.82) is 0 Å². The van der Waals surface area contributed by atoms with Crippen LogP contribution in [-0.2, 0) is 9.53 Å². The molecule has 0 fully saturated rings. The molecule has 22 heavy (non-hydrogen) atoms. The number of aliphatic hydroxyl groups is 2. The number of carbonyl (C=O) groups excluding carboxylic acids is 1. The highest BCUT2D eigenvalue weighted by molar-refractivity contribution is 5.87. The second kappa shape index (κ2) is 5.96. The first-order chi connectivity index (χ1) is 10.3. The molecule has 3 N–H and O–H groups in total. The van der Waals surface area contributed by atoms with Crippen LogP contribution in [0.3, 0.4) is 0 Å². The van der Waals surface area contributed by atoms with Crippen LogP contribution in [0.15, 0.2) is 33.5 Å². The second-order valence-electron chi connectivity index (χ2n) is 4.45. The van der Waals surface area contributed by atoms with Gasteiger partial charge in [-0.15, -0.1) is 0 Å². The number of benzene rings is 1. The second-order valence-corrected chi connectivity index (χ2v) is 4.45. The van der Waals surface area contributed by atoms with Gasteiger partial charge >= 0.3 is 11.9 Å². The minimum Gasteiger partial charge on any atom is -0.475 e. The van der Waals surface area contributed by atoms with E-state index in [1.165, 1.54) is 18.2 Å². The molecule has 2 aromatic rings. The lowest BCUT2D eigenvalue weighted by Gasteiger charge is -2.16. The van der Waals surface area contributed by atoms with Crippen molar-refractivity contribution in [2.75, 3.05) is 7.11 Å². The summed E-state index contributed by atoms with van der Waals surface area (Å²) in [5, 5.41) is 28.3. The third kappa shape index (κ3) is 2.83. The molecule has 1 aromatic carbocycles. The molecule has 0 radical (unpaired) electrons. The molecule has 1 aromatic heterocycles. The number of ether oxygens (including phenoxy) is 1. The molecule has 2 unspecified atom stereocenters. The monoisotopic (exact) mass is 308 g/mol. The fourth-order valence-electron chi connectivity index (χ4n) is 1.90. The Morgan fingerprint density at radius 1 is 1.23 bits per heavy atom. The van der Waals surface area contributed by atoms with Gasteiger partial charge in [0.2, 0.25) is 5.76 Å². The van der Waals surface area contributed by atoms with Gasteiger partial charge in [-0.25, -0.2) is 9.59 Å². The molecule has 0 aliphatic rings. The fourth-order valence-corrected chi connectivity index (χ4v) is 1.90. The summed E-state index contributed by atoms with van der Waals surface area (Å²) in [6.07, 6.45) is -3.41. The molecule has 8 nitrogen and oxygen atoms in total. The highest BCUT2D eigenvalue weighted by Gasteiger charge is 2.27. The first-order valence-corrected chi connectivity index (χ1v) is 6.10. The topological polar surface area (TPSA) is 134 Å². The number of aromatic carboxylic acids is 1. The van der Waals surface area contributed by atoms with Crippen LogP contribution in [0, 0.1) is 0 Å². The van der Waals surface area contributed by atoms with Gasteiger partial charge < -0.3 is 24.5 Å². The fraction of sp³-hybridized carbons (Fsp3) is 0.214. The first kappa shape index (κ1) is 15.7. The summed E-state index contributed by atoms with van der Waals surface area (Å²) in [5.74, 6) is -2.93. The smallest absolute Gasteiger partial charge is 0.371 e. The average molecular weight is 308 g/mol. The Kier molecular flexibility index (Phi) is 4.25. The summed E-state index contributed by atoms with van der Waals surface area (Å²) in [5.41, 5.74) is -0.533. The van der Waals surface area contributed by atoms with E-state index < -0.39 is 35.3 Å². The Hall–Kier alpha value is -2.71. The van der Waals surface area contributed by atoms with E-state index in [0.29, 0.717) is 0 Å². The van der Waals surface area contributed by atoms with Crippen LogP contribution in [0.25, 0.3) is 11.0 Å². The van der Waals surface area contributed by atoms with Crippen molar-refractivity contribution in [1.82, 2.24) is 0 Å². The quantitative estimate of drug-likeness (QED) is 0.675. The number of fused-ring (bicyclic) bond motifs is 1. The van der Waals surface area contributed by atoms with Crippen LogP contribution in [0.2, 0.25) is 0 Å². The number of aliphatic hydroxyl groups excluding tert-OH is 2. The summed E-state index contributed by atoms with van der Waals surface area (Å²) < 4.78 is 9.35. The van der Waals surface area contributed by atoms with E-state index >= 15 is 0 Å². The lowest BCUT2D eigenvalue weighted by molar-refractivity contribution is -0.156. The Bertz CT molecular complexity index is 791. The van der Waals surface area contributed by atoms with Gasteiger partial charge in [0.15, 0.2) is 11.5 Å². The normalized spacial score (nSPS) is 13.6. The van der Waals surface area contributed by atoms with Gasteiger partial charge in [-0.1, -0.05) is 6.07 Å². The summed E-state index contributed by atoms with van der Waals surface area (Å²) in [6.45, 7) is 0. The van der Waals surface area contributed by atoms with Gasteiger partial charge in [-0.2, -0.15) is 0 Å². The maximum absolute atomic E-state index is 11.9. The first-order valence-electron chi connectivity index (χ1n) is 6.10. The van der Waals surface area contributed by atoms with E-state index in [1.807, 2.05) is 0 Å². The molecule has 0 amide bonds. The lowest BCUT2D eigenvalue weighted by Crippen LogP contribution is -2.29. The van der Waals surface area contributed by atoms with Crippen LogP contribution in [0.4, 0.5) is 0 Å². The molecule has 8 heteroatoms. The third-order valence-corrected chi connectivity index (χ3v) is 3.05. The van der Waals surface area contributed by atoms with Gasteiger partial charge in [0.25, 0.3) is 0 Å². The molecule has 2 atom stereocenters. The van der Waals surface area contributed by atoms with Gasteiger partial charge in [0.1, 0.15) is 11.7 Å². The zero-order valence-electron chi connectivity index (χ0n) is 11.3. The maximum Gasteiger partial charge on any atom is 0.371 e. The van der Waals surface area contributed by atoms with Gasteiger partial charge in [0.05, 0.1) is 12.5 Å². The molecule has 1 heterocycles. The predicted octanol–water partition coefficient (Wildman–Crippen LogP) is 0.0585. The average Bonchev–Trinajstić information content (AvgIpc) is 2.52. The zero-order chi connectivity index (χ0) is 16.4. The Balaban J connectivity index is 2.49. The van der Waals surface area contributed by atoms with Gasteiger partial charge in [0, 0.05) is 6.07 Å². The van der Waals surface area contributed by atoms with Crippen molar-refractivity contribution >= 4 is 22.9 Å². The minimum absolute atomic E-state index is 0.00779. The summed E-state index contributed by atoms with van der Waals surface area (Å²) in [4.78, 5) is 33.9. The molecule has 116 valence electrons.